The van der Waals surface area contributed by atoms with Crippen molar-refractivity contribution in [2.75, 3.05) is 0 Å². The van der Waals surface area contributed by atoms with Crippen LogP contribution in [0.15, 0.2) is 42.5 Å². The molecule has 1 heterocycles. The molecule has 0 fully saturated rings. The Hall–Kier alpha value is -2.44. The van der Waals surface area contributed by atoms with E-state index < -0.39 is 0 Å². The van der Waals surface area contributed by atoms with E-state index in [9.17, 15) is 0 Å². The Morgan fingerprint density at radius 1 is 1.15 bits per heavy atom. The average Bonchev–Trinajstić information content (AvgIpc) is 2.87. The second-order valence-electron chi connectivity index (χ2n) is 4.59. The number of aromatic nitrogens is 1. The zero-order chi connectivity index (χ0) is 13.9. The minimum Gasteiger partial charge on any atom is -0.237 e. The van der Waals surface area contributed by atoms with Crippen molar-refractivity contribution in [3.63, 3.8) is 0 Å². The fourth-order valence-electron chi connectivity index (χ4n) is 2.01. The Bertz CT molecular complexity index is 838. The third-order valence-electron chi connectivity index (χ3n) is 2.99. The van der Waals surface area contributed by atoms with Crippen LogP contribution in [0, 0.1) is 18.3 Å². The van der Waals surface area contributed by atoms with E-state index in [1.54, 1.807) is 17.4 Å². The van der Waals surface area contributed by atoms with Crippen LogP contribution in [-0.2, 0) is 0 Å². The highest BCUT2D eigenvalue weighted by atomic mass is 32.1. The van der Waals surface area contributed by atoms with Crippen molar-refractivity contribution < 1.29 is 0 Å². The van der Waals surface area contributed by atoms with Gasteiger partial charge in [0.15, 0.2) is 0 Å². The third kappa shape index (κ3) is 2.61. The summed E-state index contributed by atoms with van der Waals surface area (Å²) >= 11 is 1.67. The van der Waals surface area contributed by atoms with Crippen LogP contribution >= 0.6 is 11.3 Å². The lowest BCUT2D eigenvalue weighted by Gasteiger charge is -1.92. The first-order valence-electron chi connectivity index (χ1n) is 6.30. The van der Waals surface area contributed by atoms with Gasteiger partial charge in [-0.3, -0.25) is 0 Å². The molecule has 3 rings (SSSR count). The Balaban J connectivity index is 1.92. The molecule has 0 amide bonds. The fourth-order valence-corrected chi connectivity index (χ4v) is 2.86. The van der Waals surface area contributed by atoms with Gasteiger partial charge in [0.25, 0.3) is 0 Å². The first-order chi connectivity index (χ1) is 9.74. The molecule has 0 aliphatic rings. The van der Waals surface area contributed by atoms with E-state index >= 15 is 0 Å². The maximum absolute atomic E-state index is 8.88. The predicted octanol–water partition coefficient (Wildman–Crippen LogP) is 4.65. The Morgan fingerprint density at radius 2 is 2.05 bits per heavy atom. The molecule has 2 aromatic carbocycles. The minimum atomic E-state index is 0.673. The highest BCUT2D eigenvalue weighted by Gasteiger charge is 2.01. The average molecular weight is 276 g/mol. The van der Waals surface area contributed by atoms with Crippen LogP contribution in [0.5, 0.6) is 0 Å². The number of rotatable bonds is 2. The summed E-state index contributed by atoms with van der Waals surface area (Å²) in [5.41, 5.74) is 3.95. The van der Waals surface area contributed by atoms with Crippen molar-refractivity contribution in [2.24, 2.45) is 0 Å². The molecule has 0 bridgehead atoms. The summed E-state index contributed by atoms with van der Waals surface area (Å²) in [5.74, 6) is 0. The van der Waals surface area contributed by atoms with Gasteiger partial charge >= 0.3 is 0 Å². The van der Waals surface area contributed by atoms with Gasteiger partial charge in [-0.2, -0.15) is 5.26 Å². The topological polar surface area (TPSA) is 36.7 Å². The molecule has 0 N–H and O–H groups in total. The van der Waals surface area contributed by atoms with Crippen LogP contribution in [0.25, 0.3) is 22.4 Å². The van der Waals surface area contributed by atoms with E-state index in [1.807, 2.05) is 30.4 Å². The van der Waals surface area contributed by atoms with Crippen LogP contribution in [0.2, 0.25) is 0 Å². The number of hydrogen-bond acceptors (Lipinski definition) is 3. The van der Waals surface area contributed by atoms with Crippen molar-refractivity contribution >= 4 is 33.7 Å². The lowest BCUT2D eigenvalue weighted by molar-refractivity contribution is 1.43. The van der Waals surface area contributed by atoms with Gasteiger partial charge in [0, 0.05) is 0 Å². The normalized spacial score (nSPS) is 11.0. The molecule has 3 aromatic rings. The van der Waals surface area contributed by atoms with Crippen molar-refractivity contribution in [1.29, 1.82) is 5.26 Å². The molecule has 0 aliphatic heterocycles. The summed E-state index contributed by atoms with van der Waals surface area (Å²) in [6.07, 6.45) is 3.99. The Kier molecular flexibility index (Phi) is 3.32. The van der Waals surface area contributed by atoms with Crippen molar-refractivity contribution in [3.05, 3.63) is 64.2 Å². The van der Waals surface area contributed by atoms with Crippen molar-refractivity contribution in [3.8, 4) is 6.07 Å². The zero-order valence-electron chi connectivity index (χ0n) is 11.0. The number of benzene rings is 2. The molecule has 2 nitrogen and oxygen atoms in total. The summed E-state index contributed by atoms with van der Waals surface area (Å²) in [4.78, 5) is 4.60. The van der Waals surface area contributed by atoms with Gasteiger partial charge in [0.1, 0.15) is 5.01 Å². The van der Waals surface area contributed by atoms with E-state index in [0.29, 0.717) is 5.56 Å². The molecule has 0 saturated heterocycles. The number of aryl methyl sites for hydroxylation is 1. The molecule has 0 spiro atoms. The van der Waals surface area contributed by atoms with Crippen molar-refractivity contribution in [2.45, 2.75) is 6.92 Å². The molecule has 0 aliphatic carbocycles. The molecular weight excluding hydrogens is 264 g/mol. The lowest BCUT2D eigenvalue weighted by atomic mass is 10.1. The molecule has 0 saturated carbocycles. The Morgan fingerprint density at radius 3 is 2.90 bits per heavy atom. The van der Waals surface area contributed by atoms with Gasteiger partial charge < -0.3 is 0 Å². The monoisotopic (exact) mass is 276 g/mol. The number of fused-ring (bicyclic) bond motifs is 1. The maximum Gasteiger partial charge on any atom is 0.117 e. The number of thiazole rings is 1. The van der Waals surface area contributed by atoms with E-state index in [-0.39, 0.29) is 0 Å². The second kappa shape index (κ2) is 5.28. The Labute approximate surface area is 121 Å². The number of hydrogen-bond donors (Lipinski definition) is 0. The predicted molar refractivity (Wildman–Crippen MR) is 84.4 cm³/mol. The lowest BCUT2D eigenvalue weighted by Crippen LogP contribution is -1.76. The largest absolute Gasteiger partial charge is 0.237 e. The smallest absolute Gasteiger partial charge is 0.117 e. The number of nitriles is 1. The van der Waals surface area contributed by atoms with Crippen LogP contribution in [-0.4, -0.2) is 4.98 Å². The van der Waals surface area contributed by atoms with E-state index in [4.69, 9.17) is 5.26 Å². The van der Waals surface area contributed by atoms with Gasteiger partial charge in [-0.1, -0.05) is 24.3 Å². The molecule has 3 heteroatoms. The molecular formula is C17H12N2S. The highest BCUT2D eigenvalue weighted by molar-refractivity contribution is 7.19. The molecule has 0 radical (unpaired) electrons. The van der Waals surface area contributed by atoms with Gasteiger partial charge in [0.05, 0.1) is 21.8 Å². The van der Waals surface area contributed by atoms with E-state index in [2.05, 4.69) is 36.2 Å². The molecule has 0 atom stereocenters. The van der Waals surface area contributed by atoms with Gasteiger partial charge in [-0.05, 0) is 48.4 Å². The fraction of sp³-hybridized carbons (Fsp3) is 0.0588. The second-order valence-corrected chi connectivity index (χ2v) is 5.66. The summed E-state index contributed by atoms with van der Waals surface area (Å²) in [6.45, 7) is 2.07. The van der Waals surface area contributed by atoms with Crippen molar-refractivity contribution in [1.82, 2.24) is 4.98 Å². The quantitative estimate of drug-likeness (QED) is 0.683. The van der Waals surface area contributed by atoms with E-state index in [1.165, 1.54) is 10.3 Å². The number of nitrogens with zero attached hydrogens (tertiary/aromatic N) is 2. The van der Waals surface area contributed by atoms with Gasteiger partial charge in [-0.15, -0.1) is 11.3 Å². The maximum atomic E-state index is 8.88. The molecule has 96 valence electrons. The first-order valence-corrected chi connectivity index (χ1v) is 7.12. The third-order valence-corrected chi connectivity index (χ3v) is 4.00. The summed E-state index contributed by atoms with van der Waals surface area (Å²) in [6, 6.07) is 16.0. The molecule has 20 heavy (non-hydrogen) atoms. The summed E-state index contributed by atoms with van der Waals surface area (Å²) in [5, 5.41) is 9.86. The molecule has 1 aromatic heterocycles. The summed E-state index contributed by atoms with van der Waals surface area (Å²) < 4.78 is 1.20. The first kappa shape index (κ1) is 12.6. The van der Waals surface area contributed by atoms with Crippen LogP contribution in [0.3, 0.4) is 0 Å². The minimum absolute atomic E-state index is 0.673. The van der Waals surface area contributed by atoms with Gasteiger partial charge in [0.2, 0.25) is 0 Å². The standard InChI is InChI=1S/C17H12N2S/c1-12-5-7-16-15(9-12)19-17(20-16)8-6-13-3-2-4-14(10-13)11-18/h2-10H,1H3/b8-6+. The van der Waals surface area contributed by atoms with Crippen LogP contribution in [0.4, 0.5) is 0 Å². The SMILES string of the molecule is Cc1ccc2sc(/C=C/c3cccc(C#N)c3)nc2c1. The molecule has 0 unspecified atom stereocenters. The summed E-state index contributed by atoms with van der Waals surface area (Å²) in [7, 11) is 0. The highest BCUT2D eigenvalue weighted by Crippen LogP contribution is 2.24. The zero-order valence-corrected chi connectivity index (χ0v) is 11.8. The van der Waals surface area contributed by atoms with Crippen LogP contribution < -0.4 is 0 Å². The van der Waals surface area contributed by atoms with Gasteiger partial charge in [-0.25, -0.2) is 4.98 Å². The van der Waals surface area contributed by atoms with Crippen LogP contribution in [0.1, 0.15) is 21.7 Å². The van der Waals surface area contributed by atoms with E-state index in [0.717, 1.165) is 16.1 Å².